The summed E-state index contributed by atoms with van der Waals surface area (Å²) in [5, 5.41) is 4.53. The molecule has 108 valence electrons. The van der Waals surface area contributed by atoms with Gasteiger partial charge in [-0.2, -0.15) is 0 Å². The van der Waals surface area contributed by atoms with Gasteiger partial charge in [-0.25, -0.2) is 0 Å². The van der Waals surface area contributed by atoms with Crippen LogP contribution in [0.25, 0.3) is 0 Å². The number of alkyl halides is 6. The van der Waals surface area contributed by atoms with E-state index in [2.05, 4.69) is 0 Å². The van der Waals surface area contributed by atoms with Crippen LogP contribution in [-0.2, 0) is 4.79 Å². The van der Waals surface area contributed by atoms with Gasteiger partial charge in [0.05, 0.1) is 21.5 Å². The van der Waals surface area contributed by atoms with Gasteiger partial charge in [0.15, 0.2) is 0 Å². The molecule has 0 radical (unpaired) electrons. The first-order valence-corrected chi connectivity index (χ1v) is 8.03. The quantitative estimate of drug-likeness (QED) is 0.473. The zero-order valence-electron chi connectivity index (χ0n) is 9.34. The highest BCUT2D eigenvalue weighted by Crippen LogP contribution is 2.30. The fraction of sp³-hybridized carbons (Fsp3) is 0.900. The third-order valence-electron chi connectivity index (χ3n) is 2.33. The van der Waals surface area contributed by atoms with Gasteiger partial charge in [0.1, 0.15) is 5.38 Å². The number of carboxylic acids is 1. The van der Waals surface area contributed by atoms with Gasteiger partial charge in [-0.3, -0.25) is 4.79 Å². The zero-order chi connectivity index (χ0) is 14.3. The van der Waals surface area contributed by atoms with E-state index in [4.69, 9.17) is 74.7 Å². The summed E-state index contributed by atoms with van der Waals surface area (Å²) in [5.41, 5.74) is 0. The van der Waals surface area contributed by atoms with E-state index in [1.54, 1.807) is 0 Å². The molecular formula is C10H14Cl6O2. The maximum absolute atomic E-state index is 10.7. The van der Waals surface area contributed by atoms with Gasteiger partial charge in [-0.1, -0.05) is 6.42 Å². The van der Waals surface area contributed by atoms with Crippen LogP contribution < -0.4 is 0 Å². The number of carboxylic acid groups (broad SMARTS) is 1. The van der Waals surface area contributed by atoms with Gasteiger partial charge in [-0.15, -0.1) is 69.6 Å². The van der Waals surface area contributed by atoms with Crippen molar-refractivity contribution >= 4 is 75.6 Å². The molecule has 0 fully saturated rings. The van der Waals surface area contributed by atoms with Gasteiger partial charge in [0.25, 0.3) is 0 Å². The molecule has 0 aromatic rings. The molecule has 0 aromatic carbocycles. The highest BCUT2D eigenvalue weighted by molar-refractivity contribution is 6.42. The SMILES string of the molecule is O=C(O)C(Cl)C(Cl)C(Cl)C(Cl)C(Cl)CCCCCl. The minimum absolute atomic E-state index is 0.406. The van der Waals surface area contributed by atoms with Crippen molar-refractivity contribution in [3.63, 3.8) is 0 Å². The van der Waals surface area contributed by atoms with Crippen molar-refractivity contribution in [2.75, 3.05) is 5.88 Å². The lowest BCUT2D eigenvalue weighted by Crippen LogP contribution is -2.40. The molecule has 5 unspecified atom stereocenters. The summed E-state index contributed by atoms with van der Waals surface area (Å²) in [6.07, 6.45) is 2.29. The molecule has 0 aliphatic rings. The Morgan fingerprint density at radius 3 is 1.94 bits per heavy atom. The van der Waals surface area contributed by atoms with E-state index in [1.165, 1.54) is 0 Å². The molecule has 18 heavy (non-hydrogen) atoms. The summed E-state index contributed by atoms with van der Waals surface area (Å²) in [7, 11) is 0. The predicted molar refractivity (Wildman–Crippen MR) is 80.4 cm³/mol. The highest BCUT2D eigenvalue weighted by Gasteiger charge is 2.36. The maximum Gasteiger partial charge on any atom is 0.323 e. The fourth-order valence-corrected chi connectivity index (χ4v) is 3.01. The molecule has 5 atom stereocenters. The predicted octanol–water partition coefficient (Wildman–Crippen LogP) is 4.52. The van der Waals surface area contributed by atoms with Crippen molar-refractivity contribution in [2.24, 2.45) is 0 Å². The molecule has 2 nitrogen and oxygen atoms in total. The van der Waals surface area contributed by atoms with Crippen LogP contribution >= 0.6 is 69.6 Å². The molecular weight excluding hydrogens is 365 g/mol. The number of aliphatic carboxylic acids is 1. The number of halogens is 6. The Morgan fingerprint density at radius 1 is 0.944 bits per heavy atom. The zero-order valence-corrected chi connectivity index (χ0v) is 13.9. The molecule has 0 saturated carbocycles. The summed E-state index contributed by atoms with van der Waals surface area (Å²) >= 11 is 35.2. The monoisotopic (exact) mass is 376 g/mol. The van der Waals surface area contributed by atoms with Gasteiger partial charge in [0.2, 0.25) is 0 Å². The van der Waals surface area contributed by atoms with Gasteiger partial charge >= 0.3 is 5.97 Å². The van der Waals surface area contributed by atoms with Crippen molar-refractivity contribution in [2.45, 2.75) is 46.1 Å². The number of hydrogen-bond donors (Lipinski definition) is 1. The van der Waals surface area contributed by atoms with E-state index in [1.807, 2.05) is 0 Å². The highest BCUT2D eigenvalue weighted by atomic mass is 35.5. The second-order valence-electron chi connectivity index (χ2n) is 3.77. The minimum Gasteiger partial charge on any atom is -0.480 e. The molecule has 0 bridgehead atoms. The van der Waals surface area contributed by atoms with Crippen LogP contribution in [0.1, 0.15) is 19.3 Å². The Bertz CT molecular complexity index is 253. The Hall–Kier alpha value is 1.21. The molecule has 0 spiro atoms. The van der Waals surface area contributed by atoms with E-state index in [-0.39, 0.29) is 0 Å². The topological polar surface area (TPSA) is 37.3 Å². The average molecular weight is 379 g/mol. The molecule has 0 rings (SSSR count). The second-order valence-corrected chi connectivity index (χ2v) is 6.69. The van der Waals surface area contributed by atoms with Crippen molar-refractivity contribution in [1.29, 1.82) is 0 Å². The summed E-state index contributed by atoms with van der Waals surface area (Å²) < 4.78 is 0. The summed E-state index contributed by atoms with van der Waals surface area (Å²) in [6.45, 7) is 0. The molecule has 0 aliphatic carbocycles. The third kappa shape index (κ3) is 6.58. The van der Waals surface area contributed by atoms with E-state index < -0.39 is 32.9 Å². The Kier molecular flexibility index (Phi) is 10.7. The largest absolute Gasteiger partial charge is 0.480 e. The van der Waals surface area contributed by atoms with Crippen LogP contribution in [0, 0.1) is 0 Å². The Balaban J connectivity index is 4.30. The van der Waals surface area contributed by atoms with Gasteiger partial charge < -0.3 is 5.11 Å². The summed E-state index contributed by atoms with van der Waals surface area (Å²) in [6, 6.07) is 0. The van der Waals surface area contributed by atoms with E-state index in [0.717, 1.165) is 12.8 Å². The van der Waals surface area contributed by atoms with Crippen molar-refractivity contribution < 1.29 is 9.90 Å². The van der Waals surface area contributed by atoms with Crippen molar-refractivity contribution in [1.82, 2.24) is 0 Å². The van der Waals surface area contributed by atoms with E-state index in [0.29, 0.717) is 12.3 Å². The number of unbranched alkanes of at least 4 members (excludes halogenated alkanes) is 1. The normalized spacial score (nSPS) is 19.9. The van der Waals surface area contributed by atoms with Gasteiger partial charge in [0, 0.05) is 5.88 Å². The van der Waals surface area contributed by atoms with E-state index in [9.17, 15) is 4.79 Å². The van der Waals surface area contributed by atoms with Crippen LogP contribution in [0.4, 0.5) is 0 Å². The molecule has 0 aliphatic heterocycles. The van der Waals surface area contributed by atoms with Crippen LogP contribution in [0.5, 0.6) is 0 Å². The van der Waals surface area contributed by atoms with Gasteiger partial charge in [-0.05, 0) is 12.8 Å². The first-order chi connectivity index (χ1) is 8.32. The lowest BCUT2D eigenvalue weighted by Gasteiger charge is -2.25. The number of carbonyl (C=O) groups is 1. The smallest absolute Gasteiger partial charge is 0.323 e. The first-order valence-electron chi connectivity index (χ1n) is 5.32. The summed E-state index contributed by atoms with van der Waals surface area (Å²) in [4.78, 5) is 10.7. The van der Waals surface area contributed by atoms with Crippen LogP contribution in [0.3, 0.4) is 0 Å². The maximum atomic E-state index is 10.7. The van der Waals surface area contributed by atoms with Crippen LogP contribution in [0.2, 0.25) is 0 Å². The number of hydrogen-bond acceptors (Lipinski definition) is 1. The Labute approximate surface area is 137 Å². The standard InChI is InChI=1S/C10H14Cl6O2/c11-4-2-1-3-5(12)6(13)7(14)8(15)9(16)10(17)18/h5-9H,1-4H2,(H,17,18). The molecule has 0 aromatic heterocycles. The summed E-state index contributed by atoms with van der Waals surface area (Å²) in [5.74, 6) is -0.679. The van der Waals surface area contributed by atoms with Crippen molar-refractivity contribution in [3.8, 4) is 0 Å². The molecule has 0 amide bonds. The van der Waals surface area contributed by atoms with Crippen LogP contribution in [0.15, 0.2) is 0 Å². The second kappa shape index (κ2) is 10.0. The molecule has 1 N–H and O–H groups in total. The minimum atomic E-state index is -1.30. The average Bonchev–Trinajstić information content (AvgIpc) is 2.35. The fourth-order valence-electron chi connectivity index (χ4n) is 1.27. The molecule has 8 heteroatoms. The molecule has 0 heterocycles. The van der Waals surface area contributed by atoms with Crippen LogP contribution in [-0.4, -0.2) is 43.8 Å². The lowest BCUT2D eigenvalue weighted by molar-refractivity contribution is -0.136. The first kappa shape index (κ1) is 19.2. The third-order valence-corrected chi connectivity index (χ3v) is 5.71. The molecule has 0 saturated heterocycles. The van der Waals surface area contributed by atoms with Crippen molar-refractivity contribution in [3.05, 3.63) is 0 Å². The van der Waals surface area contributed by atoms with E-state index >= 15 is 0 Å². The number of rotatable bonds is 9. The Morgan fingerprint density at radius 2 is 1.50 bits per heavy atom. The lowest BCUT2D eigenvalue weighted by atomic mass is 10.1.